The van der Waals surface area contributed by atoms with Gasteiger partial charge in [-0.1, -0.05) is 375 Å². The zero-order valence-corrected chi connectivity index (χ0v) is 66.4. The molecule has 0 saturated carbocycles. The average molecular weight is 1450 g/mol. The lowest BCUT2D eigenvalue weighted by molar-refractivity contribution is -0.161. The summed E-state index contributed by atoms with van der Waals surface area (Å²) < 4.78 is 68.6. The van der Waals surface area contributed by atoms with E-state index in [1.165, 1.54) is 244 Å². The lowest BCUT2D eigenvalue weighted by Crippen LogP contribution is -2.30. The number of phosphoric acid groups is 2. The maximum Gasteiger partial charge on any atom is 0.472 e. The summed E-state index contributed by atoms with van der Waals surface area (Å²) in [7, 11) is -9.91. The maximum atomic E-state index is 13.1. The van der Waals surface area contributed by atoms with Crippen LogP contribution in [0.1, 0.15) is 426 Å². The minimum Gasteiger partial charge on any atom is -0.462 e. The third-order valence-electron chi connectivity index (χ3n) is 18.8. The molecule has 99 heavy (non-hydrogen) atoms. The van der Waals surface area contributed by atoms with Gasteiger partial charge < -0.3 is 33.8 Å². The average Bonchev–Trinajstić information content (AvgIpc) is 1.28. The van der Waals surface area contributed by atoms with Gasteiger partial charge in [-0.25, -0.2) is 9.13 Å². The Hall–Kier alpha value is -1.94. The van der Waals surface area contributed by atoms with Crippen LogP contribution < -0.4 is 0 Å². The highest BCUT2D eigenvalue weighted by Crippen LogP contribution is 2.45. The zero-order valence-electron chi connectivity index (χ0n) is 64.6. The van der Waals surface area contributed by atoms with Crippen LogP contribution in [-0.4, -0.2) is 96.7 Å². The number of rotatable bonds is 80. The predicted molar refractivity (Wildman–Crippen MR) is 405 cm³/mol. The van der Waals surface area contributed by atoms with Crippen molar-refractivity contribution in [2.24, 2.45) is 5.92 Å². The Labute approximate surface area is 607 Å². The first-order valence-electron chi connectivity index (χ1n) is 41.6. The molecule has 5 atom stereocenters. The second-order valence-electron chi connectivity index (χ2n) is 29.3. The number of esters is 4. The number of hydrogen-bond donors (Lipinski definition) is 3. The maximum absolute atomic E-state index is 13.1. The van der Waals surface area contributed by atoms with Crippen molar-refractivity contribution in [2.75, 3.05) is 39.6 Å². The molecule has 19 heteroatoms. The van der Waals surface area contributed by atoms with Gasteiger partial charge >= 0.3 is 39.5 Å². The normalized spacial score (nSPS) is 13.9. The summed E-state index contributed by atoms with van der Waals surface area (Å²) >= 11 is 0. The second-order valence-corrected chi connectivity index (χ2v) is 32.2. The number of aliphatic hydroxyl groups excluding tert-OH is 1. The Kier molecular flexibility index (Phi) is 71.6. The molecule has 0 aliphatic rings. The van der Waals surface area contributed by atoms with Crippen molar-refractivity contribution in [1.29, 1.82) is 0 Å². The third-order valence-corrected chi connectivity index (χ3v) is 20.7. The van der Waals surface area contributed by atoms with E-state index < -0.39 is 97.5 Å². The van der Waals surface area contributed by atoms with Crippen molar-refractivity contribution in [1.82, 2.24) is 0 Å². The number of phosphoric ester groups is 2. The summed E-state index contributed by atoms with van der Waals surface area (Å²) in [5.74, 6) is -1.43. The molecular formula is C80H156O17P2. The molecule has 0 aliphatic heterocycles. The standard InChI is InChI=1S/C80H156O17P2/c1-6-9-12-15-18-21-24-27-30-31-32-33-34-35-36-37-40-43-46-49-56-61-66-79(84)96-75(69-90-77(82)63-58-53-47-44-41-38-28-25-22-19-16-13-10-7-2)71-94-98(86,87)92-67-74(81)68-93-99(88,89)95-72-76(70-91-78(83)64-59-54-51-50-52-57-62-73(4)5)97-80(85)65-60-55-48-45-42-39-29-26-23-20-17-14-11-8-3/h73-76,81H,6-72H2,1-5H3,(H,86,87)(H,88,89)/t74-,75-,76-/m1/s1. The molecule has 0 radical (unpaired) electrons. The van der Waals surface area contributed by atoms with Crippen LogP contribution in [0.15, 0.2) is 0 Å². The van der Waals surface area contributed by atoms with Gasteiger partial charge in [-0.05, 0) is 31.6 Å². The number of carbonyl (C=O) groups excluding carboxylic acids is 4. The predicted octanol–water partition coefficient (Wildman–Crippen LogP) is 24.0. The Bertz CT molecular complexity index is 1890. The Balaban J connectivity index is 5.18. The van der Waals surface area contributed by atoms with E-state index in [0.29, 0.717) is 31.6 Å². The van der Waals surface area contributed by atoms with E-state index in [9.17, 15) is 43.2 Å². The number of carbonyl (C=O) groups is 4. The van der Waals surface area contributed by atoms with Gasteiger partial charge in [-0.2, -0.15) is 0 Å². The molecule has 0 bridgehead atoms. The Morgan fingerprint density at radius 2 is 0.465 bits per heavy atom. The van der Waals surface area contributed by atoms with Gasteiger partial charge in [0.05, 0.1) is 26.4 Å². The summed E-state index contributed by atoms with van der Waals surface area (Å²) in [6.45, 7) is 7.24. The SMILES string of the molecule is CCCCCCCCCCCCCCCCCCCCCCCCC(=O)O[C@H](COC(=O)CCCCCCCCCCCCCCCC)COP(=O)(O)OC[C@@H](O)COP(=O)(O)OC[C@@H](COC(=O)CCCCCCCCC(C)C)OC(=O)CCCCCCCCCCCCCCCC. The summed E-state index contributed by atoms with van der Waals surface area (Å²) in [6.07, 6.45) is 64.1. The summed E-state index contributed by atoms with van der Waals surface area (Å²) in [5, 5.41) is 10.6. The van der Waals surface area contributed by atoms with Gasteiger partial charge in [-0.15, -0.1) is 0 Å². The van der Waals surface area contributed by atoms with Gasteiger partial charge in [0.25, 0.3) is 0 Å². The molecule has 0 aliphatic carbocycles. The number of ether oxygens (including phenoxy) is 4. The Morgan fingerprint density at radius 1 is 0.273 bits per heavy atom. The molecular weight excluding hydrogens is 1290 g/mol. The molecule has 0 spiro atoms. The fourth-order valence-corrected chi connectivity index (χ4v) is 14.0. The highest BCUT2D eigenvalue weighted by atomic mass is 31.2. The molecule has 0 rings (SSSR count). The summed E-state index contributed by atoms with van der Waals surface area (Å²) in [6, 6.07) is 0. The van der Waals surface area contributed by atoms with Gasteiger partial charge in [0.1, 0.15) is 19.3 Å². The topological polar surface area (TPSA) is 237 Å². The monoisotopic (exact) mass is 1450 g/mol. The molecule has 2 unspecified atom stereocenters. The van der Waals surface area contributed by atoms with Crippen LogP contribution in [0.4, 0.5) is 0 Å². The molecule has 0 aromatic rings. The molecule has 588 valence electrons. The van der Waals surface area contributed by atoms with Crippen molar-refractivity contribution < 1.29 is 80.2 Å². The smallest absolute Gasteiger partial charge is 0.462 e. The van der Waals surface area contributed by atoms with E-state index in [1.54, 1.807) is 0 Å². The van der Waals surface area contributed by atoms with E-state index in [0.717, 1.165) is 96.3 Å². The largest absolute Gasteiger partial charge is 0.472 e. The quantitative estimate of drug-likeness (QED) is 0.0222. The highest BCUT2D eigenvalue weighted by molar-refractivity contribution is 7.47. The lowest BCUT2D eigenvalue weighted by Gasteiger charge is -2.21. The molecule has 0 aromatic heterocycles. The van der Waals surface area contributed by atoms with Gasteiger partial charge in [0.15, 0.2) is 12.2 Å². The summed E-state index contributed by atoms with van der Waals surface area (Å²) in [4.78, 5) is 72.9. The molecule has 0 aromatic carbocycles. The highest BCUT2D eigenvalue weighted by Gasteiger charge is 2.30. The molecule has 0 saturated heterocycles. The van der Waals surface area contributed by atoms with Crippen LogP contribution in [0, 0.1) is 5.92 Å². The van der Waals surface area contributed by atoms with Crippen molar-refractivity contribution in [3.8, 4) is 0 Å². The van der Waals surface area contributed by atoms with Crippen LogP contribution in [0.5, 0.6) is 0 Å². The first kappa shape index (κ1) is 97.1. The number of hydrogen-bond acceptors (Lipinski definition) is 15. The molecule has 0 fully saturated rings. The molecule has 0 amide bonds. The summed E-state index contributed by atoms with van der Waals surface area (Å²) in [5.41, 5.74) is 0. The number of unbranched alkanes of at least 4 members (excludes halogenated alkanes) is 52. The zero-order chi connectivity index (χ0) is 72.7. The van der Waals surface area contributed by atoms with Crippen LogP contribution in [0.25, 0.3) is 0 Å². The van der Waals surface area contributed by atoms with E-state index in [2.05, 4.69) is 34.6 Å². The second kappa shape index (κ2) is 73.0. The third kappa shape index (κ3) is 74.1. The molecule has 0 heterocycles. The minimum atomic E-state index is -4.96. The molecule has 3 N–H and O–H groups in total. The van der Waals surface area contributed by atoms with E-state index in [1.807, 2.05) is 0 Å². The van der Waals surface area contributed by atoms with Gasteiger partial charge in [-0.3, -0.25) is 37.3 Å². The van der Waals surface area contributed by atoms with Crippen molar-refractivity contribution in [3.63, 3.8) is 0 Å². The van der Waals surface area contributed by atoms with Crippen LogP contribution in [0.3, 0.4) is 0 Å². The van der Waals surface area contributed by atoms with Crippen LogP contribution in [-0.2, 0) is 65.4 Å². The first-order chi connectivity index (χ1) is 48.0. The van der Waals surface area contributed by atoms with Gasteiger partial charge in [0, 0.05) is 25.7 Å². The van der Waals surface area contributed by atoms with Crippen molar-refractivity contribution >= 4 is 39.5 Å². The van der Waals surface area contributed by atoms with Crippen molar-refractivity contribution in [3.05, 3.63) is 0 Å². The van der Waals surface area contributed by atoms with Crippen LogP contribution >= 0.6 is 15.6 Å². The molecule has 17 nitrogen and oxygen atoms in total. The lowest BCUT2D eigenvalue weighted by atomic mass is 10.0. The van der Waals surface area contributed by atoms with E-state index in [-0.39, 0.29) is 25.7 Å². The Morgan fingerprint density at radius 3 is 0.687 bits per heavy atom. The van der Waals surface area contributed by atoms with E-state index >= 15 is 0 Å². The van der Waals surface area contributed by atoms with E-state index in [4.69, 9.17) is 37.0 Å². The van der Waals surface area contributed by atoms with Gasteiger partial charge in [0.2, 0.25) is 0 Å². The fourth-order valence-electron chi connectivity index (χ4n) is 12.4. The minimum absolute atomic E-state index is 0.107. The first-order valence-corrected chi connectivity index (χ1v) is 44.6. The van der Waals surface area contributed by atoms with Crippen LogP contribution in [0.2, 0.25) is 0 Å². The number of aliphatic hydroxyl groups is 1. The fraction of sp³-hybridized carbons (Fsp3) is 0.950. The van der Waals surface area contributed by atoms with Crippen molar-refractivity contribution in [2.45, 2.75) is 445 Å².